The molecule has 2 aromatic rings. The summed E-state index contributed by atoms with van der Waals surface area (Å²) in [4.78, 5) is 4.08. The molecule has 0 aliphatic heterocycles. The molecule has 0 aromatic carbocycles. The summed E-state index contributed by atoms with van der Waals surface area (Å²) in [7, 11) is 0. The fourth-order valence-electron chi connectivity index (χ4n) is 1.46. The molecule has 0 spiro atoms. The molecule has 2 nitrogen and oxygen atoms in total. The van der Waals surface area contributed by atoms with Gasteiger partial charge in [-0.3, -0.25) is 4.98 Å². The van der Waals surface area contributed by atoms with Gasteiger partial charge < -0.3 is 4.42 Å². The predicted octanol–water partition coefficient (Wildman–Crippen LogP) is 2.77. The lowest BCUT2D eigenvalue weighted by Crippen LogP contribution is -1.89. The average molecular weight is 187 g/mol. The van der Waals surface area contributed by atoms with E-state index in [9.17, 15) is 0 Å². The van der Waals surface area contributed by atoms with Crippen LogP contribution in [0, 0.1) is 6.92 Å². The Balaban J connectivity index is 1.95. The summed E-state index contributed by atoms with van der Waals surface area (Å²) in [6.45, 7) is 1.97. The van der Waals surface area contributed by atoms with Gasteiger partial charge in [-0.2, -0.15) is 0 Å². The van der Waals surface area contributed by atoms with E-state index in [4.69, 9.17) is 4.42 Å². The minimum atomic E-state index is 0.978. The lowest BCUT2D eigenvalue weighted by molar-refractivity contribution is 0.531. The van der Waals surface area contributed by atoms with Crippen LogP contribution in [0.4, 0.5) is 0 Å². The summed E-state index contributed by atoms with van der Waals surface area (Å²) < 4.78 is 5.24. The van der Waals surface area contributed by atoms with Crippen LogP contribution in [0.1, 0.15) is 16.9 Å². The van der Waals surface area contributed by atoms with E-state index in [0.717, 1.165) is 18.6 Å². The lowest BCUT2D eigenvalue weighted by Gasteiger charge is -1.97. The van der Waals surface area contributed by atoms with Crippen LogP contribution in [0.2, 0.25) is 0 Å². The molecule has 0 aliphatic carbocycles. The third-order valence-corrected chi connectivity index (χ3v) is 2.21. The van der Waals surface area contributed by atoms with Crippen molar-refractivity contribution in [1.82, 2.24) is 4.98 Å². The first-order valence-electron chi connectivity index (χ1n) is 4.77. The quantitative estimate of drug-likeness (QED) is 0.738. The molecule has 2 heterocycles. The number of rotatable bonds is 3. The SMILES string of the molecule is Cc1cc(CCc2cccnc2)co1. The minimum Gasteiger partial charge on any atom is -0.469 e. The van der Waals surface area contributed by atoms with Crippen molar-refractivity contribution in [2.24, 2.45) is 0 Å². The second-order valence-electron chi connectivity index (χ2n) is 3.43. The van der Waals surface area contributed by atoms with Crippen molar-refractivity contribution in [2.75, 3.05) is 0 Å². The van der Waals surface area contributed by atoms with Gasteiger partial charge in [-0.05, 0) is 43.0 Å². The van der Waals surface area contributed by atoms with Crippen LogP contribution >= 0.6 is 0 Å². The number of aromatic nitrogens is 1. The van der Waals surface area contributed by atoms with Crippen LogP contribution in [0.5, 0.6) is 0 Å². The van der Waals surface area contributed by atoms with Gasteiger partial charge in [0, 0.05) is 12.4 Å². The Kier molecular flexibility index (Phi) is 2.63. The van der Waals surface area contributed by atoms with Crippen molar-refractivity contribution >= 4 is 0 Å². The number of pyridine rings is 1. The molecule has 0 N–H and O–H groups in total. The second-order valence-corrected chi connectivity index (χ2v) is 3.43. The van der Waals surface area contributed by atoms with E-state index >= 15 is 0 Å². The van der Waals surface area contributed by atoms with E-state index in [1.807, 2.05) is 25.5 Å². The highest BCUT2D eigenvalue weighted by Gasteiger charge is 1.98. The lowest BCUT2D eigenvalue weighted by atomic mass is 10.1. The number of hydrogen-bond acceptors (Lipinski definition) is 2. The van der Waals surface area contributed by atoms with Crippen LogP contribution in [-0.4, -0.2) is 4.98 Å². The van der Waals surface area contributed by atoms with E-state index in [2.05, 4.69) is 17.1 Å². The van der Waals surface area contributed by atoms with Crippen molar-refractivity contribution in [3.63, 3.8) is 0 Å². The summed E-state index contributed by atoms with van der Waals surface area (Å²) in [6.07, 6.45) is 7.57. The van der Waals surface area contributed by atoms with E-state index in [1.54, 1.807) is 6.20 Å². The van der Waals surface area contributed by atoms with Crippen LogP contribution in [0.25, 0.3) is 0 Å². The summed E-state index contributed by atoms with van der Waals surface area (Å²) in [5.74, 6) is 0.978. The maximum atomic E-state index is 5.24. The van der Waals surface area contributed by atoms with Crippen molar-refractivity contribution in [1.29, 1.82) is 0 Å². The molecular formula is C12H13NO. The van der Waals surface area contributed by atoms with Gasteiger partial charge in [0.25, 0.3) is 0 Å². The van der Waals surface area contributed by atoms with E-state index in [0.29, 0.717) is 0 Å². The maximum Gasteiger partial charge on any atom is 0.100 e. The van der Waals surface area contributed by atoms with E-state index in [1.165, 1.54) is 11.1 Å². The Hall–Kier alpha value is -1.57. The van der Waals surface area contributed by atoms with Crippen LogP contribution in [-0.2, 0) is 12.8 Å². The second kappa shape index (κ2) is 4.09. The van der Waals surface area contributed by atoms with Crippen molar-refractivity contribution in [3.8, 4) is 0 Å². The summed E-state index contributed by atoms with van der Waals surface area (Å²) >= 11 is 0. The van der Waals surface area contributed by atoms with Gasteiger partial charge in [-0.15, -0.1) is 0 Å². The fraction of sp³-hybridized carbons (Fsp3) is 0.250. The molecule has 0 saturated carbocycles. The molecule has 0 aliphatic rings. The predicted molar refractivity (Wildman–Crippen MR) is 55.1 cm³/mol. The fourth-order valence-corrected chi connectivity index (χ4v) is 1.46. The number of hydrogen-bond donors (Lipinski definition) is 0. The third-order valence-electron chi connectivity index (χ3n) is 2.21. The summed E-state index contributed by atoms with van der Waals surface area (Å²) in [5, 5.41) is 0. The van der Waals surface area contributed by atoms with Gasteiger partial charge in [0.05, 0.1) is 6.26 Å². The minimum absolute atomic E-state index is 0.978. The zero-order valence-corrected chi connectivity index (χ0v) is 8.23. The molecule has 0 bridgehead atoms. The summed E-state index contributed by atoms with van der Waals surface area (Å²) in [5.41, 5.74) is 2.53. The highest BCUT2D eigenvalue weighted by molar-refractivity contribution is 5.16. The molecule has 2 aromatic heterocycles. The number of aryl methyl sites for hydroxylation is 3. The van der Waals surface area contributed by atoms with Gasteiger partial charge in [-0.25, -0.2) is 0 Å². The maximum absolute atomic E-state index is 5.24. The first kappa shape index (κ1) is 9.00. The van der Waals surface area contributed by atoms with E-state index in [-0.39, 0.29) is 0 Å². The Morgan fingerprint density at radius 1 is 1.29 bits per heavy atom. The first-order chi connectivity index (χ1) is 6.84. The Bertz CT molecular complexity index is 392. The molecule has 0 amide bonds. The normalized spacial score (nSPS) is 10.4. The number of nitrogens with zero attached hydrogens (tertiary/aromatic N) is 1. The molecule has 0 atom stereocenters. The van der Waals surface area contributed by atoms with Crippen LogP contribution < -0.4 is 0 Å². The first-order valence-corrected chi connectivity index (χ1v) is 4.77. The number of furan rings is 1. The van der Waals surface area contributed by atoms with Gasteiger partial charge in [-0.1, -0.05) is 6.07 Å². The van der Waals surface area contributed by atoms with Crippen LogP contribution in [0.3, 0.4) is 0 Å². The van der Waals surface area contributed by atoms with Crippen molar-refractivity contribution < 1.29 is 4.42 Å². The van der Waals surface area contributed by atoms with Crippen LogP contribution in [0.15, 0.2) is 41.3 Å². The molecule has 0 fully saturated rings. The van der Waals surface area contributed by atoms with Gasteiger partial charge in [0.1, 0.15) is 5.76 Å². The average Bonchev–Trinajstić information content (AvgIpc) is 2.63. The topological polar surface area (TPSA) is 26.0 Å². The monoisotopic (exact) mass is 187 g/mol. The molecule has 2 heteroatoms. The molecule has 0 unspecified atom stereocenters. The Morgan fingerprint density at radius 2 is 2.14 bits per heavy atom. The molecule has 72 valence electrons. The molecule has 0 radical (unpaired) electrons. The van der Waals surface area contributed by atoms with Crippen molar-refractivity contribution in [2.45, 2.75) is 19.8 Å². The molecule has 2 rings (SSSR count). The van der Waals surface area contributed by atoms with Gasteiger partial charge in [0.15, 0.2) is 0 Å². The summed E-state index contributed by atoms with van der Waals surface area (Å²) in [6, 6.07) is 6.15. The zero-order chi connectivity index (χ0) is 9.80. The molecule has 0 saturated heterocycles. The Labute approximate surface area is 83.6 Å². The largest absolute Gasteiger partial charge is 0.469 e. The molecular weight excluding hydrogens is 174 g/mol. The van der Waals surface area contributed by atoms with Gasteiger partial charge >= 0.3 is 0 Å². The van der Waals surface area contributed by atoms with Crippen molar-refractivity contribution in [3.05, 3.63) is 53.7 Å². The smallest absolute Gasteiger partial charge is 0.100 e. The standard InChI is InChI=1S/C12H13NO/c1-10-7-12(9-14-10)5-4-11-3-2-6-13-8-11/h2-3,6-9H,4-5H2,1H3. The molecule has 14 heavy (non-hydrogen) atoms. The van der Waals surface area contributed by atoms with Gasteiger partial charge in [0.2, 0.25) is 0 Å². The third kappa shape index (κ3) is 2.22. The van der Waals surface area contributed by atoms with E-state index < -0.39 is 0 Å². The Morgan fingerprint density at radius 3 is 2.79 bits per heavy atom. The highest BCUT2D eigenvalue weighted by Crippen LogP contribution is 2.09. The highest BCUT2D eigenvalue weighted by atomic mass is 16.3. The zero-order valence-electron chi connectivity index (χ0n) is 8.23.